The fourth-order valence-electron chi connectivity index (χ4n) is 0.951. The zero-order valence-corrected chi connectivity index (χ0v) is 8.88. The van der Waals surface area contributed by atoms with Crippen LogP contribution in [0, 0.1) is 0 Å². The second-order valence-electron chi connectivity index (χ2n) is 2.49. The maximum atomic E-state index is 12.2. The van der Waals surface area contributed by atoms with Gasteiger partial charge in [0, 0.05) is 6.07 Å². The molecule has 0 aliphatic heterocycles. The molecule has 15 heavy (non-hydrogen) atoms. The van der Waals surface area contributed by atoms with Crippen LogP contribution in [-0.2, 0) is 10.5 Å². The van der Waals surface area contributed by atoms with E-state index in [-0.39, 0.29) is 11.5 Å². The molecule has 0 fully saturated rings. The molecule has 0 saturated carbocycles. The molecule has 0 radical (unpaired) electrons. The van der Waals surface area contributed by atoms with Crippen LogP contribution in [0.4, 0.5) is 3.89 Å². The third-order valence-corrected chi connectivity index (χ3v) is 1.94. The SMILES string of the molecule is COc1ccc(OS(=O)(=O)F)c(OC)c1. The first-order chi connectivity index (χ1) is 6.96. The number of methoxy groups -OCH3 is 2. The molecule has 84 valence electrons. The fraction of sp³-hybridized carbons (Fsp3) is 0.250. The minimum atomic E-state index is -5.05. The minimum absolute atomic E-state index is 0.0653. The Hall–Kier alpha value is -1.50. The predicted molar refractivity (Wildman–Crippen MR) is 50.2 cm³/mol. The summed E-state index contributed by atoms with van der Waals surface area (Å²) in [5.74, 6) is 0.270. The quantitative estimate of drug-likeness (QED) is 0.737. The van der Waals surface area contributed by atoms with Crippen molar-refractivity contribution in [2.45, 2.75) is 0 Å². The van der Waals surface area contributed by atoms with Crippen LogP contribution in [-0.4, -0.2) is 22.6 Å². The van der Waals surface area contributed by atoms with Gasteiger partial charge in [-0.2, -0.15) is 8.42 Å². The molecule has 0 bridgehead atoms. The van der Waals surface area contributed by atoms with Gasteiger partial charge in [-0.25, -0.2) is 0 Å². The molecule has 0 aliphatic carbocycles. The molecule has 0 amide bonds. The molecule has 0 unspecified atom stereocenters. The first kappa shape index (κ1) is 11.6. The van der Waals surface area contributed by atoms with E-state index < -0.39 is 10.5 Å². The predicted octanol–water partition coefficient (Wildman–Crippen LogP) is 1.30. The highest BCUT2D eigenvalue weighted by Gasteiger charge is 2.14. The van der Waals surface area contributed by atoms with Crippen LogP contribution < -0.4 is 13.7 Å². The maximum absolute atomic E-state index is 12.2. The maximum Gasteiger partial charge on any atom is 0.488 e. The van der Waals surface area contributed by atoms with Gasteiger partial charge in [0.2, 0.25) is 0 Å². The molecular weight excluding hydrogens is 227 g/mol. The van der Waals surface area contributed by atoms with Gasteiger partial charge in [-0.1, -0.05) is 3.89 Å². The molecule has 7 heteroatoms. The average Bonchev–Trinajstić information content (AvgIpc) is 2.16. The van der Waals surface area contributed by atoms with E-state index in [2.05, 4.69) is 4.18 Å². The van der Waals surface area contributed by atoms with Crippen LogP contribution in [0.1, 0.15) is 0 Å². The number of rotatable bonds is 4. The summed E-state index contributed by atoms with van der Waals surface area (Å²) in [6.07, 6.45) is 0. The Morgan fingerprint density at radius 1 is 1.13 bits per heavy atom. The number of hydrogen-bond acceptors (Lipinski definition) is 5. The van der Waals surface area contributed by atoms with Crippen molar-refractivity contribution in [2.75, 3.05) is 14.2 Å². The second kappa shape index (κ2) is 4.35. The van der Waals surface area contributed by atoms with E-state index in [1.54, 1.807) is 0 Å². The van der Waals surface area contributed by atoms with E-state index in [0.717, 1.165) is 0 Å². The fourth-order valence-corrected chi connectivity index (χ4v) is 1.30. The summed E-state index contributed by atoms with van der Waals surface area (Å²) in [7, 11) is -2.32. The Balaban J connectivity index is 3.08. The molecule has 0 saturated heterocycles. The van der Waals surface area contributed by atoms with E-state index in [1.807, 2.05) is 0 Å². The average molecular weight is 236 g/mol. The van der Waals surface area contributed by atoms with Gasteiger partial charge in [0.25, 0.3) is 0 Å². The summed E-state index contributed by atoms with van der Waals surface area (Å²) in [6, 6.07) is 4.03. The van der Waals surface area contributed by atoms with Gasteiger partial charge >= 0.3 is 10.5 Å². The van der Waals surface area contributed by atoms with Gasteiger partial charge in [0.05, 0.1) is 14.2 Å². The third kappa shape index (κ3) is 3.28. The van der Waals surface area contributed by atoms with Crippen molar-refractivity contribution in [3.63, 3.8) is 0 Å². The van der Waals surface area contributed by atoms with Gasteiger partial charge in [-0.05, 0) is 12.1 Å². The van der Waals surface area contributed by atoms with E-state index in [9.17, 15) is 12.3 Å². The highest BCUT2D eigenvalue weighted by Crippen LogP contribution is 2.32. The normalized spacial score (nSPS) is 10.9. The number of hydrogen-bond donors (Lipinski definition) is 0. The van der Waals surface area contributed by atoms with Crippen LogP contribution in [0.25, 0.3) is 0 Å². The van der Waals surface area contributed by atoms with Crippen molar-refractivity contribution in [2.24, 2.45) is 0 Å². The smallest absolute Gasteiger partial charge is 0.488 e. The van der Waals surface area contributed by atoms with Crippen molar-refractivity contribution in [3.05, 3.63) is 18.2 Å². The minimum Gasteiger partial charge on any atom is -0.497 e. The highest BCUT2D eigenvalue weighted by atomic mass is 32.3. The largest absolute Gasteiger partial charge is 0.497 e. The molecule has 5 nitrogen and oxygen atoms in total. The Kier molecular flexibility index (Phi) is 3.35. The number of halogens is 1. The summed E-state index contributed by atoms with van der Waals surface area (Å²) in [5, 5.41) is 0. The molecule has 1 aromatic carbocycles. The monoisotopic (exact) mass is 236 g/mol. The molecule has 0 aromatic heterocycles. The van der Waals surface area contributed by atoms with Crippen LogP contribution >= 0.6 is 0 Å². The Bertz CT molecular complexity index is 442. The van der Waals surface area contributed by atoms with Gasteiger partial charge in [-0.3, -0.25) is 0 Å². The summed E-state index contributed by atoms with van der Waals surface area (Å²) < 4.78 is 46.4. The Labute approximate surface area is 86.8 Å². The Morgan fingerprint density at radius 3 is 2.27 bits per heavy atom. The Morgan fingerprint density at radius 2 is 1.80 bits per heavy atom. The van der Waals surface area contributed by atoms with Crippen molar-refractivity contribution in [1.82, 2.24) is 0 Å². The van der Waals surface area contributed by atoms with Gasteiger partial charge in [-0.15, -0.1) is 0 Å². The lowest BCUT2D eigenvalue weighted by molar-refractivity contribution is 0.372. The lowest BCUT2D eigenvalue weighted by Gasteiger charge is -2.08. The van der Waals surface area contributed by atoms with Crippen LogP contribution in [0.3, 0.4) is 0 Å². The third-order valence-electron chi connectivity index (χ3n) is 1.56. The van der Waals surface area contributed by atoms with Crippen LogP contribution in [0.15, 0.2) is 18.2 Å². The van der Waals surface area contributed by atoms with E-state index in [0.29, 0.717) is 5.75 Å². The molecule has 0 heterocycles. The summed E-state index contributed by atoms with van der Waals surface area (Å²) in [6.45, 7) is 0. The van der Waals surface area contributed by atoms with Gasteiger partial charge in [0.1, 0.15) is 5.75 Å². The summed E-state index contributed by atoms with van der Waals surface area (Å²) in [4.78, 5) is 0. The lowest BCUT2D eigenvalue weighted by atomic mass is 10.3. The van der Waals surface area contributed by atoms with Crippen molar-refractivity contribution in [3.8, 4) is 17.2 Å². The lowest BCUT2D eigenvalue weighted by Crippen LogP contribution is -2.02. The first-order valence-electron chi connectivity index (χ1n) is 3.82. The first-order valence-corrected chi connectivity index (χ1v) is 5.13. The van der Waals surface area contributed by atoms with Gasteiger partial charge in [0.15, 0.2) is 11.5 Å². The molecule has 0 aliphatic rings. The molecule has 0 N–H and O–H groups in total. The molecule has 0 atom stereocenters. The van der Waals surface area contributed by atoms with Crippen molar-refractivity contribution < 1.29 is 26.0 Å². The number of ether oxygens (including phenoxy) is 2. The topological polar surface area (TPSA) is 61.8 Å². The zero-order chi connectivity index (χ0) is 11.5. The zero-order valence-electron chi connectivity index (χ0n) is 8.06. The molecule has 1 rings (SSSR count). The standard InChI is InChI=1S/C8H9FO5S/c1-12-6-3-4-7(8(5-6)13-2)14-15(9,10)11/h3-5H,1-2H3. The van der Waals surface area contributed by atoms with E-state index >= 15 is 0 Å². The van der Waals surface area contributed by atoms with Crippen LogP contribution in [0.5, 0.6) is 17.2 Å². The highest BCUT2D eigenvalue weighted by molar-refractivity contribution is 7.81. The second-order valence-corrected chi connectivity index (χ2v) is 3.45. The van der Waals surface area contributed by atoms with Crippen molar-refractivity contribution in [1.29, 1.82) is 0 Å². The summed E-state index contributed by atoms with van der Waals surface area (Å²) >= 11 is 0. The van der Waals surface area contributed by atoms with E-state index in [1.165, 1.54) is 32.4 Å². The molecular formula is C8H9FO5S. The van der Waals surface area contributed by atoms with Gasteiger partial charge < -0.3 is 13.7 Å². The van der Waals surface area contributed by atoms with Crippen LogP contribution in [0.2, 0.25) is 0 Å². The van der Waals surface area contributed by atoms with Crippen molar-refractivity contribution >= 4 is 10.5 Å². The molecule has 1 aromatic rings. The molecule has 0 spiro atoms. The summed E-state index contributed by atoms with van der Waals surface area (Å²) in [5.41, 5.74) is 0. The number of benzene rings is 1. The van der Waals surface area contributed by atoms with E-state index in [4.69, 9.17) is 9.47 Å².